The van der Waals surface area contributed by atoms with E-state index in [1.54, 1.807) is 0 Å². The topological polar surface area (TPSA) is 63.2 Å². The molecule has 0 radical (unpaired) electrons. The number of benzene rings is 10. The van der Waals surface area contributed by atoms with Crippen LogP contribution in [0.5, 0.6) is 0 Å². The molecular weight excluding hydrogens is 857 g/mol. The van der Waals surface area contributed by atoms with Gasteiger partial charge in [-0.2, -0.15) is 0 Å². The molecule has 0 unspecified atom stereocenters. The quantitative estimate of drug-likeness (QED) is 0.136. The van der Waals surface area contributed by atoms with E-state index < -0.39 is 0 Å². The molecule has 13 rings (SSSR count). The van der Waals surface area contributed by atoms with Crippen molar-refractivity contribution < 1.29 is 4.42 Å². The molecule has 0 aliphatic heterocycles. The highest BCUT2D eigenvalue weighted by molar-refractivity contribution is 6.15. The summed E-state index contributed by atoms with van der Waals surface area (Å²) in [5.41, 5.74) is 13.5. The number of hydrogen-bond donors (Lipinski definition) is 0. The van der Waals surface area contributed by atoms with Crippen LogP contribution < -0.4 is 9.80 Å². The zero-order valence-corrected chi connectivity index (χ0v) is 37.8. The van der Waals surface area contributed by atoms with E-state index in [1.807, 2.05) is 66.7 Å². The summed E-state index contributed by atoms with van der Waals surface area (Å²) in [6.45, 7) is 0. The Morgan fingerprint density at radius 3 is 1.13 bits per heavy atom. The average Bonchev–Trinajstić information content (AvgIpc) is 3.98. The van der Waals surface area contributed by atoms with Crippen LogP contribution in [-0.2, 0) is 0 Å². The van der Waals surface area contributed by atoms with E-state index in [9.17, 15) is 0 Å². The smallest absolute Gasteiger partial charge is 0.167 e. The van der Waals surface area contributed by atoms with Crippen LogP contribution in [0.1, 0.15) is 0 Å². The summed E-state index contributed by atoms with van der Waals surface area (Å²) < 4.78 is 9.56. The molecule has 3 heterocycles. The maximum atomic E-state index is 7.20. The Bertz CT molecular complexity index is 3710. The van der Waals surface area contributed by atoms with Gasteiger partial charge >= 0.3 is 0 Å². The van der Waals surface area contributed by atoms with Crippen molar-refractivity contribution in [1.29, 1.82) is 0 Å². The molecule has 70 heavy (non-hydrogen) atoms. The summed E-state index contributed by atoms with van der Waals surface area (Å²) in [5.74, 6) is 1.73. The maximum Gasteiger partial charge on any atom is 0.167 e. The van der Waals surface area contributed by atoms with Crippen molar-refractivity contribution in [2.75, 3.05) is 9.80 Å². The molecule has 7 nitrogen and oxygen atoms in total. The number of hydrogen-bond acceptors (Lipinski definition) is 6. The second-order valence-corrected chi connectivity index (χ2v) is 17.2. The van der Waals surface area contributed by atoms with Gasteiger partial charge in [0.15, 0.2) is 23.1 Å². The Kier molecular flexibility index (Phi) is 10.0. The third-order valence-electron chi connectivity index (χ3n) is 13.0. The van der Waals surface area contributed by atoms with E-state index in [-0.39, 0.29) is 0 Å². The monoisotopic (exact) mass is 898 g/mol. The Labute approximate surface area is 404 Å². The number of fused-ring (bicyclic) bond motifs is 6. The lowest BCUT2D eigenvalue weighted by Crippen LogP contribution is -2.09. The van der Waals surface area contributed by atoms with Crippen LogP contribution >= 0.6 is 0 Å². The van der Waals surface area contributed by atoms with Crippen LogP contribution in [0.25, 0.3) is 83.6 Å². The molecule has 3 aromatic heterocycles. The highest BCUT2D eigenvalue weighted by Gasteiger charge is 2.24. The highest BCUT2D eigenvalue weighted by Crippen LogP contribution is 2.45. The van der Waals surface area contributed by atoms with Gasteiger partial charge in [-0.15, -0.1) is 0 Å². The van der Waals surface area contributed by atoms with Crippen molar-refractivity contribution in [3.05, 3.63) is 255 Å². The number of aromatic nitrogens is 4. The first-order valence-corrected chi connectivity index (χ1v) is 23.4. The van der Waals surface area contributed by atoms with Gasteiger partial charge in [0.25, 0.3) is 0 Å². The second-order valence-electron chi connectivity index (χ2n) is 17.2. The molecule has 0 aliphatic carbocycles. The first kappa shape index (κ1) is 40.7. The number of anilines is 6. The van der Waals surface area contributed by atoms with Gasteiger partial charge in [0.2, 0.25) is 0 Å². The van der Waals surface area contributed by atoms with Crippen LogP contribution in [0.15, 0.2) is 259 Å². The SMILES string of the molecule is c1ccc(-c2nc(-c3ccccc3)nc(-c3cccc4c3oc3c(-n5c6ccc(N(c7ccccc7)c7ccccc7)cc6c6cc(N(c7ccccc7)c7ccccc7)ccc65)cccc34)n2)cc1. The number of nitrogens with zero attached hydrogens (tertiary/aromatic N) is 6. The molecule has 0 fully saturated rings. The second kappa shape index (κ2) is 17.2. The zero-order valence-electron chi connectivity index (χ0n) is 37.8. The zero-order chi connectivity index (χ0) is 46.4. The Morgan fingerprint density at radius 2 is 0.686 bits per heavy atom. The summed E-state index contributed by atoms with van der Waals surface area (Å²) >= 11 is 0. The third-order valence-corrected chi connectivity index (χ3v) is 13.0. The molecule has 0 saturated heterocycles. The molecule has 0 N–H and O–H groups in total. The first-order chi connectivity index (χ1) is 34.7. The summed E-state index contributed by atoms with van der Waals surface area (Å²) in [6.07, 6.45) is 0. The van der Waals surface area contributed by atoms with Crippen molar-refractivity contribution >= 4 is 77.9 Å². The molecule has 0 atom stereocenters. The molecule has 7 heteroatoms. The minimum atomic E-state index is 0.540. The summed E-state index contributed by atoms with van der Waals surface area (Å²) in [5, 5.41) is 4.18. The molecule has 0 bridgehead atoms. The van der Waals surface area contributed by atoms with Crippen molar-refractivity contribution in [3.63, 3.8) is 0 Å². The van der Waals surface area contributed by atoms with E-state index in [1.165, 1.54) is 0 Å². The average molecular weight is 899 g/mol. The van der Waals surface area contributed by atoms with Gasteiger partial charge in [0.1, 0.15) is 5.58 Å². The van der Waals surface area contributed by atoms with Crippen LogP contribution in [-0.4, -0.2) is 19.5 Å². The molecular formula is C63H42N6O. The molecule has 10 aromatic carbocycles. The van der Waals surface area contributed by atoms with Crippen molar-refractivity contribution in [1.82, 2.24) is 19.5 Å². The lowest BCUT2D eigenvalue weighted by atomic mass is 10.1. The minimum Gasteiger partial charge on any atom is -0.453 e. The van der Waals surface area contributed by atoms with Gasteiger partial charge in [-0.3, -0.25) is 0 Å². The van der Waals surface area contributed by atoms with Gasteiger partial charge in [-0.1, -0.05) is 158 Å². The van der Waals surface area contributed by atoms with E-state index in [4.69, 9.17) is 19.4 Å². The van der Waals surface area contributed by atoms with Crippen molar-refractivity contribution in [3.8, 4) is 39.9 Å². The molecule has 13 aromatic rings. The van der Waals surface area contributed by atoms with Gasteiger partial charge in [0.05, 0.1) is 22.3 Å². The van der Waals surface area contributed by atoms with Gasteiger partial charge in [-0.05, 0) is 97.1 Å². The molecule has 0 amide bonds. The number of furan rings is 1. The molecule has 0 saturated carbocycles. The predicted molar refractivity (Wildman–Crippen MR) is 287 cm³/mol. The van der Waals surface area contributed by atoms with E-state index in [2.05, 4.69) is 202 Å². The largest absolute Gasteiger partial charge is 0.453 e. The molecule has 0 spiro atoms. The van der Waals surface area contributed by atoms with Crippen LogP contribution in [0.2, 0.25) is 0 Å². The van der Waals surface area contributed by atoms with Crippen molar-refractivity contribution in [2.45, 2.75) is 0 Å². The number of rotatable bonds is 10. The lowest BCUT2D eigenvalue weighted by molar-refractivity contribution is 0.667. The number of para-hydroxylation sites is 6. The van der Waals surface area contributed by atoms with Gasteiger partial charge < -0.3 is 18.8 Å². The predicted octanol–water partition coefficient (Wildman–Crippen LogP) is 16.8. The van der Waals surface area contributed by atoms with E-state index in [0.717, 1.165) is 94.7 Å². The summed E-state index contributed by atoms with van der Waals surface area (Å²) in [7, 11) is 0. The van der Waals surface area contributed by atoms with E-state index in [0.29, 0.717) is 23.1 Å². The molecule has 0 aliphatic rings. The highest BCUT2D eigenvalue weighted by atomic mass is 16.3. The maximum absolute atomic E-state index is 7.20. The standard InChI is InChI=1S/C63H42N6O/c1-7-21-43(22-8-1)61-64-62(44-23-9-2-10-24-44)66-63(65-61)53-35-19-33-51-52-34-20-36-58(60(52)70-59(51)53)69-56-39-37-49(67(45-25-11-3-12-26-45)46-27-13-4-14-28-46)41-54(56)55-42-50(38-40-57(55)69)68(47-29-15-5-16-30-47)48-31-17-6-18-32-48/h1-42H. The van der Waals surface area contributed by atoms with E-state index >= 15 is 0 Å². The summed E-state index contributed by atoms with van der Waals surface area (Å²) in [6, 6.07) is 88.7. The molecule has 330 valence electrons. The van der Waals surface area contributed by atoms with Gasteiger partial charge in [0, 0.05) is 66.8 Å². The first-order valence-electron chi connectivity index (χ1n) is 23.4. The van der Waals surface area contributed by atoms with Crippen LogP contribution in [0.4, 0.5) is 34.1 Å². The third kappa shape index (κ3) is 7.12. The summed E-state index contributed by atoms with van der Waals surface area (Å²) in [4.78, 5) is 19.8. The van der Waals surface area contributed by atoms with Crippen LogP contribution in [0, 0.1) is 0 Å². The minimum absolute atomic E-state index is 0.540. The lowest BCUT2D eigenvalue weighted by Gasteiger charge is -2.26. The van der Waals surface area contributed by atoms with Crippen LogP contribution in [0.3, 0.4) is 0 Å². The Hall–Kier alpha value is -9.59. The fourth-order valence-corrected chi connectivity index (χ4v) is 9.83. The Morgan fingerprint density at radius 1 is 0.300 bits per heavy atom. The normalized spacial score (nSPS) is 11.4. The Balaban J connectivity index is 1.05. The van der Waals surface area contributed by atoms with Gasteiger partial charge in [-0.25, -0.2) is 15.0 Å². The van der Waals surface area contributed by atoms with Crippen molar-refractivity contribution in [2.24, 2.45) is 0 Å². The fourth-order valence-electron chi connectivity index (χ4n) is 9.83. The fraction of sp³-hybridized carbons (Fsp3) is 0.